The van der Waals surface area contributed by atoms with Gasteiger partial charge in [-0.1, -0.05) is 114 Å². The molecule has 1 saturated carbocycles. The zero-order valence-electron chi connectivity index (χ0n) is 22.2. The average molecular weight is 407 g/mol. The number of hydrogen-bond acceptors (Lipinski definition) is 0. The molecule has 0 heteroatoms. The molecule has 0 saturated heterocycles. The Balaban J connectivity index is 2.77. The highest BCUT2D eigenvalue weighted by Gasteiger charge is 2.45. The van der Waals surface area contributed by atoms with Gasteiger partial charge in [0.2, 0.25) is 0 Å². The van der Waals surface area contributed by atoms with Gasteiger partial charge in [-0.25, -0.2) is 0 Å². The summed E-state index contributed by atoms with van der Waals surface area (Å²) >= 11 is 0. The molecule has 0 heterocycles. The lowest BCUT2D eigenvalue weighted by atomic mass is 9.53. The van der Waals surface area contributed by atoms with Crippen LogP contribution >= 0.6 is 0 Å². The highest BCUT2D eigenvalue weighted by molar-refractivity contribution is 4.95. The Hall–Kier alpha value is 0. The molecule has 0 aromatic rings. The van der Waals surface area contributed by atoms with E-state index in [1.165, 1.54) is 70.6 Å². The van der Waals surface area contributed by atoms with Crippen molar-refractivity contribution in [2.45, 2.75) is 140 Å². The van der Waals surface area contributed by atoms with Crippen molar-refractivity contribution >= 4 is 0 Å². The van der Waals surface area contributed by atoms with Crippen LogP contribution in [0.25, 0.3) is 0 Å². The van der Waals surface area contributed by atoms with Crippen molar-refractivity contribution in [3.05, 3.63) is 0 Å². The lowest BCUT2D eigenvalue weighted by Crippen LogP contribution is -2.43. The van der Waals surface area contributed by atoms with E-state index < -0.39 is 0 Å². The van der Waals surface area contributed by atoms with Crippen LogP contribution in [0.5, 0.6) is 0 Å². The monoisotopic (exact) mass is 406 g/mol. The van der Waals surface area contributed by atoms with Gasteiger partial charge in [0.25, 0.3) is 0 Å². The second-order valence-electron chi connectivity index (χ2n) is 12.5. The molecule has 0 N–H and O–H groups in total. The van der Waals surface area contributed by atoms with E-state index in [2.05, 4.69) is 69.2 Å². The topological polar surface area (TPSA) is 0 Å². The lowest BCUT2D eigenvalue weighted by molar-refractivity contribution is -0.0226. The molecule has 0 aliphatic heterocycles. The molecule has 1 aliphatic rings. The Morgan fingerprint density at radius 1 is 0.862 bits per heavy atom. The van der Waals surface area contributed by atoms with Crippen LogP contribution in [0, 0.1) is 46.3 Å². The van der Waals surface area contributed by atoms with Crippen LogP contribution in [0.4, 0.5) is 0 Å². The van der Waals surface area contributed by atoms with Gasteiger partial charge in [0.05, 0.1) is 0 Å². The normalized spacial score (nSPS) is 23.3. The van der Waals surface area contributed by atoms with E-state index in [0.29, 0.717) is 10.8 Å². The molecule has 0 aromatic carbocycles. The van der Waals surface area contributed by atoms with Crippen molar-refractivity contribution in [2.24, 2.45) is 46.3 Å². The molecular weight excluding hydrogens is 348 g/mol. The quantitative estimate of drug-likeness (QED) is 0.237. The summed E-state index contributed by atoms with van der Waals surface area (Å²) in [6.07, 6.45) is 15.6. The molecule has 0 amide bonds. The predicted octanol–water partition coefficient (Wildman–Crippen LogP) is 10.2. The molecule has 0 nitrogen and oxygen atoms in total. The van der Waals surface area contributed by atoms with Gasteiger partial charge in [-0.2, -0.15) is 0 Å². The Morgan fingerprint density at radius 2 is 1.48 bits per heavy atom. The number of unbranched alkanes of at least 4 members (excludes halogenated alkanes) is 1. The SMILES string of the molecule is CCCC(CC)CCCCC(C)(CCC)C(C(C)C)C(C)C(C)C1CC(C)(C)C1. The van der Waals surface area contributed by atoms with Crippen molar-refractivity contribution in [3.63, 3.8) is 0 Å². The average Bonchev–Trinajstić information content (AvgIpc) is 2.61. The molecule has 1 aliphatic carbocycles. The van der Waals surface area contributed by atoms with Crippen LogP contribution < -0.4 is 0 Å². The first kappa shape index (κ1) is 27.0. The van der Waals surface area contributed by atoms with E-state index in [4.69, 9.17) is 0 Å². The maximum absolute atomic E-state index is 2.67. The summed E-state index contributed by atoms with van der Waals surface area (Å²) in [6.45, 7) is 25.0. The summed E-state index contributed by atoms with van der Waals surface area (Å²) in [6, 6.07) is 0. The minimum atomic E-state index is 0.516. The summed E-state index contributed by atoms with van der Waals surface area (Å²) in [5.74, 6) is 5.31. The third kappa shape index (κ3) is 7.88. The number of rotatable bonds is 15. The van der Waals surface area contributed by atoms with Gasteiger partial charge in [0, 0.05) is 0 Å². The molecule has 0 aromatic heterocycles. The number of hydrogen-bond donors (Lipinski definition) is 0. The summed E-state index contributed by atoms with van der Waals surface area (Å²) < 4.78 is 0. The molecule has 0 radical (unpaired) electrons. The highest BCUT2D eigenvalue weighted by Crippen LogP contribution is 2.54. The maximum atomic E-state index is 2.67. The first-order valence-corrected chi connectivity index (χ1v) is 13.5. The maximum Gasteiger partial charge on any atom is -0.0293 e. The van der Waals surface area contributed by atoms with Crippen molar-refractivity contribution in [3.8, 4) is 0 Å². The standard InChI is InChI=1S/C29H58/c1-11-16-25(13-3)17-14-15-19-29(10,18-12-2)27(22(4)5)24(7)23(6)26-20-28(8,9)21-26/h22-27H,11-21H2,1-10H3. The fourth-order valence-electron chi connectivity index (χ4n) is 7.49. The van der Waals surface area contributed by atoms with E-state index in [1.54, 1.807) is 0 Å². The second kappa shape index (κ2) is 12.1. The van der Waals surface area contributed by atoms with Gasteiger partial charge in [0.15, 0.2) is 0 Å². The van der Waals surface area contributed by atoms with Crippen LogP contribution in [0.1, 0.15) is 140 Å². The van der Waals surface area contributed by atoms with Crippen LogP contribution in [-0.2, 0) is 0 Å². The van der Waals surface area contributed by atoms with Crippen LogP contribution in [0.3, 0.4) is 0 Å². The van der Waals surface area contributed by atoms with E-state index in [9.17, 15) is 0 Å². The minimum Gasteiger partial charge on any atom is -0.0654 e. The molecule has 1 rings (SSSR count). The molecule has 5 atom stereocenters. The first-order chi connectivity index (χ1) is 13.5. The third-order valence-electron chi connectivity index (χ3n) is 9.00. The van der Waals surface area contributed by atoms with Crippen LogP contribution in [0.2, 0.25) is 0 Å². The van der Waals surface area contributed by atoms with E-state index in [0.717, 1.165) is 35.5 Å². The van der Waals surface area contributed by atoms with Crippen molar-refractivity contribution in [1.29, 1.82) is 0 Å². The molecular formula is C29H58. The highest BCUT2D eigenvalue weighted by atomic mass is 14.5. The Morgan fingerprint density at radius 3 is 1.93 bits per heavy atom. The molecule has 174 valence electrons. The van der Waals surface area contributed by atoms with Crippen molar-refractivity contribution in [1.82, 2.24) is 0 Å². The first-order valence-electron chi connectivity index (χ1n) is 13.5. The Bertz CT molecular complexity index is 425. The fraction of sp³-hybridized carbons (Fsp3) is 1.00. The van der Waals surface area contributed by atoms with Gasteiger partial charge in [0.1, 0.15) is 0 Å². The van der Waals surface area contributed by atoms with Gasteiger partial charge >= 0.3 is 0 Å². The smallest absolute Gasteiger partial charge is 0.0293 e. The summed E-state index contributed by atoms with van der Waals surface area (Å²) in [5, 5.41) is 0. The van der Waals surface area contributed by atoms with Gasteiger partial charge < -0.3 is 0 Å². The van der Waals surface area contributed by atoms with Gasteiger partial charge in [-0.15, -0.1) is 0 Å². The van der Waals surface area contributed by atoms with Crippen molar-refractivity contribution in [2.75, 3.05) is 0 Å². The van der Waals surface area contributed by atoms with Crippen LogP contribution in [-0.4, -0.2) is 0 Å². The molecule has 0 spiro atoms. The third-order valence-corrected chi connectivity index (χ3v) is 9.00. The summed E-state index contributed by atoms with van der Waals surface area (Å²) in [7, 11) is 0. The van der Waals surface area contributed by atoms with Gasteiger partial charge in [-0.3, -0.25) is 0 Å². The minimum absolute atomic E-state index is 0.516. The van der Waals surface area contributed by atoms with E-state index in [1.807, 2.05) is 0 Å². The predicted molar refractivity (Wildman–Crippen MR) is 133 cm³/mol. The van der Waals surface area contributed by atoms with E-state index in [-0.39, 0.29) is 0 Å². The van der Waals surface area contributed by atoms with Crippen LogP contribution in [0.15, 0.2) is 0 Å². The molecule has 5 unspecified atom stereocenters. The molecule has 1 fully saturated rings. The largest absolute Gasteiger partial charge is 0.0654 e. The Kier molecular flexibility index (Phi) is 11.3. The fourth-order valence-corrected chi connectivity index (χ4v) is 7.49. The molecule has 29 heavy (non-hydrogen) atoms. The lowest BCUT2D eigenvalue weighted by Gasteiger charge is -2.52. The molecule has 0 bridgehead atoms. The van der Waals surface area contributed by atoms with E-state index >= 15 is 0 Å². The second-order valence-corrected chi connectivity index (χ2v) is 12.5. The van der Waals surface area contributed by atoms with Gasteiger partial charge in [-0.05, 0) is 72.0 Å². The van der Waals surface area contributed by atoms with Crippen molar-refractivity contribution < 1.29 is 0 Å². The Labute approximate surface area is 186 Å². The summed E-state index contributed by atoms with van der Waals surface area (Å²) in [5.41, 5.74) is 1.12. The zero-order valence-corrected chi connectivity index (χ0v) is 22.2. The zero-order chi connectivity index (χ0) is 22.2. The summed E-state index contributed by atoms with van der Waals surface area (Å²) in [4.78, 5) is 0.